The number of likely N-dealkylation sites (N-methyl/N-ethyl adjacent to an activating group) is 1. The molecule has 0 radical (unpaired) electrons. The van der Waals surface area contributed by atoms with Gasteiger partial charge in [-0.15, -0.1) is 0 Å². The zero-order valence-electron chi connectivity index (χ0n) is 7.76. The number of nitrogens with zero attached hydrogens (tertiary/aromatic N) is 2. The minimum absolute atomic E-state index is 0.844. The zero-order valence-corrected chi connectivity index (χ0v) is 7.76. The van der Waals surface area contributed by atoms with Crippen molar-refractivity contribution >= 4 is 6.21 Å². The van der Waals surface area contributed by atoms with E-state index in [9.17, 15) is 0 Å². The van der Waals surface area contributed by atoms with Crippen LogP contribution in [0.15, 0.2) is 16.9 Å². The number of nitrogens with one attached hydrogen (secondary N) is 1. The van der Waals surface area contributed by atoms with Crippen LogP contribution in [-0.2, 0) is 0 Å². The molecule has 3 heteroatoms. The van der Waals surface area contributed by atoms with Gasteiger partial charge in [0.15, 0.2) is 0 Å². The molecule has 0 aliphatic carbocycles. The van der Waals surface area contributed by atoms with Crippen LogP contribution in [0.25, 0.3) is 0 Å². The molecule has 0 saturated carbocycles. The van der Waals surface area contributed by atoms with Crippen molar-refractivity contribution < 1.29 is 0 Å². The molecule has 0 fully saturated rings. The Balaban J connectivity index is 3.68. The first-order chi connectivity index (χ1) is 5.20. The van der Waals surface area contributed by atoms with E-state index in [2.05, 4.69) is 16.5 Å². The average molecular weight is 155 g/mol. The van der Waals surface area contributed by atoms with E-state index in [1.165, 1.54) is 5.70 Å². The highest BCUT2D eigenvalue weighted by Crippen LogP contribution is 1.88. The molecule has 0 aromatic heterocycles. The lowest BCUT2D eigenvalue weighted by Gasteiger charge is -2.09. The summed E-state index contributed by atoms with van der Waals surface area (Å²) in [5, 5.41) is 8.99. The van der Waals surface area contributed by atoms with Gasteiger partial charge in [-0.2, -0.15) is 5.10 Å². The normalized spacial score (nSPS) is 12.2. The van der Waals surface area contributed by atoms with Crippen molar-refractivity contribution in [2.24, 2.45) is 5.10 Å². The van der Waals surface area contributed by atoms with Gasteiger partial charge in [0.25, 0.3) is 0 Å². The summed E-state index contributed by atoms with van der Waals surface area (Å²) in [5.74, 6) is 0. The monoisotopic (exact) mass is 155 g/mol. The summed E-state index contributed by atoms with van der Waals surface area (Å²) in [6, 6.07) is 0. The fourth-order valence-electron chi connectivity index (χ4n) is 0.615. The molecule has 0 spiro atoms. The van der Waals surface area contributed by atoms with Crippen LogP contribution >= 0.6 is 0 Å². The van der Waals surface area contributed by atoms with Gasteiger partial charge in [0.05, 0.1) is 6.54 Å². The number of allylic oxidation sites excluding steroid dienone is 1. The SMILES string of the molecule is C/C=N\N(C)C/C=C(\C)NC. The van der Waals surface area contributed by atoms with Crippen molar-refractivity contribution in [3.8, 4) is 0 Å². The lowest BCUT2D eigenvalue weighted by Crippen LogP contribution is -2.12. The summed E-state index contributed by atoms with van der Waals surface area (Å²) >= 11 is 0. The van der Waals surface area contributed by atoms with Crippen LogP contribution < -0.4 is 5.32 Å². The molecule has 0 bridgehead atoms. The van der Waals surface area contributed by atoms with E-state index in [0.29, 0.717) is 0 Å². The molecule has 0 rings (SSSR count). The van der Waals surface area contributed by atoms with Crippen molar-refractivity contribution in [1.82, 2.24) is 10.3 Å². The average Bonchev–Trinajstić information content (AvgIpc) is 2.01. The predicted octanol–water partition coefficient (Wildman–Crippen LogP) is 1.05. The van der Waals surface area contributed by atoms with E-state index in [4.69, 9.17) is 0 Å². The molecule has 0 aliphatic rings. The number of hydrazone groups is 1. The molecule has 11 heavy (non-hydrogen) atoms. The Bertz CT molecular complexity index is 149. The fourth-order valence-corrected chi connectivity index (χ4v) is 0.615. The maximum Gasteiger partial charge on any atom is 0.0557 e. The van der Waals surface area contributed by atoms with Gasteiger partial charge in [-0.25, -0.2) is 0 Å². The second-order valence-electron chi connectivity index (χ2n) is 2.35. The molecule has 0 aromatic carbocycles. The molecule has 64 valence electrons. The molecule has 0 saturated heterocycles. The van der Waals surface area contributed by atoms with Crippen molar-refractivity contribution in [2.75, 3.05) is 20.6 Å². The largest absolute Gasteiger partial charge is 0.392 e. The quantitative estimate of drug-likeness (QED) is 0.485. The number of hydrogen-bond acceptors (Lipinski definition) is 3. The van der Waals surface area contributed by atoms with Gasteiger partial charge in [-0.05, 0) is 19.9 Å². The molecule has 3 nitrogen and oxygen atoms in total. The predicted molar refractivity (Wildman–Crippen MR) is 49.6 cm³/mol. The highest BCUT2D eigenvalue weighted by atomic mass is 15.4. The van der Waals surface area contributed by atoms with E-state index in [1.807, 2.05) is 33.0 Å². The van der Waals surface area contributed by atoms with Gasteiger partial charge in [0.2, 0.25) is 0 Å². The molecule has 0 unspecified atom stereocenters. The van der Waals surface area contributed by atoms with E-state index in [1.54, 1.807) is 6.21 Å². The van der Waals surface area contributed by atoms with Gasteiger partial charge in [-0.3, -0.25) is 5.01 Å². The maximum absolute atomic E-state index is 4.07. The van der Waals surface area contributed by atoms with Crippen LogP contribution in [0.1, 0.15) is 13.8 Å². The van der Waals surface area contributed by atoms with Crippen molar-refractivity contribution in [3.05, 3.63) is 11.8 Å². The Kier molecular flexibility index (Phi) is 5.25. The first-order valence-corrected chi connectivity index (χ1v) is 3.75. The van der Waals surface area contributed by atoms with Gasteiger partial charge < -0.3 is 5.32 Å². The van der Waals surface area contributed by atoms with Crippen LogP contribution in [0, 0.1) is 0 Å². The molecular formula is C8H17N3. The summed E-state index contributed by atoms with van der Waals surface area (Å²) in [5.41, 5.74) is 1.17. The summed E-state index contributed by atoms with van der Waals surface area (Å²) in [6.07, 6.45) is 3.87. The number of hydrogen-bond donors (Lipinski definition) is 1. The summed E-state index contributed by atoms with van der Waals surface area (Å²) in [6.45, 7) is 4.78. The highest BCUT2D eigenvalue weighted by molar-refractivity contribution is 5.52. The first kappa shape index (κ1) is 10.0. The summed E-state index contributed by atoms with van der Waals surface area (Å²) in [4.78, 5) is 0. The number of rotatable bonds is 4. The molecule has 0 atom stereocenters. The van der Waals surface area contributed by atoms with E-state index in [-0.39, 0.29) is 0 Å². The Morgan fingerprint density at radius 2 is 2.27 bits per heavy atom. The second kappa shape index (κ2) is 5.77. The molecule has 1 N–H and O–H groups in total. The second-order valence-corrected chi connectivity index (χ2v) is 2.35. The topological polar surface area (TPSA) is 27.6 Å². The summed E-state index contributed by atoms with van der Waals surface area (Å²) < 4.78 is 0. The van der Waals surface area contributed by atoms with Crippen molar-refractivity contribution in [1.29, 1.82) is 0 Å². The third kappa shape index (κ3) is 5.45. The minimum Gasteiger partial charge on any atom is -0.392 e. The van der Waals surface area contributed by atoms with Crippen LogP contribution in [0.5, 0.6) is 0 Å². The van der Waals surface area contributed by atoms with Gasteiger partial charge >= 0.3 is 0 Å². The zero-order chi connectivity index (χ0) is 8.69. The molecule has 0 aromatic rings. The summed E-state index contributed by atoms with van der Waals surface area (Å²) in [7, 11) is 3.86. The van der Waals surface area contributed by atoms with E-state index < -0.39 is 0 Å². The Labute approximate surface area is 68.8 Å². The smallest absolute Gasteiger partial charge is 0.0557 e. The van der Waals surface area contributed by atoms with Gasteiger partial charge in [0.1, 0.15) is 0 Å². The van der Waals surface area contributed by atoms with Crippen molar-refractivity contribution in [3.63, 3.8) is 0 Å². The third-order valence-electron chi connectivity index (χ3n) is 1.37. The van der Waals surface area contributed by atoms with Crippen LogP contribution in [0.4, 0.5) is 0 Å². The Morgan fingerprint density at radius 1 is 1.64 bits per heavy atom. The van der Waals surface area contributed by atoms with E-state index in [0.717, 1.165) is 6.54 Å². The van der Waals surface area contributed by atoms with Gasteiger partial charge in [0, 0.05) is 26.0 Å². The fraction of sp³-hybridized carbons (Fsp3) is 0.625. The Hall–Kier alpha value is -0.990. The standard InChI is InChI=1S/C8H17N3/c1-5-10-11(4)7-6-8(2)9-3/h5-6,9H,7H2,1-4H3/b8-6+,10-5-. The van der Waals surface area contributed by atoms with Crippen LogP contribution in [-0.4, -0.2) is 31.9 Å². The highest BCUT2D eigenvalue weighted by Gasteiger charge is 1.87. The first-order valence-electron chi connectivity index (χ1n) is 3.75. The van der Waals surface area contributed by atoms with E-state index >= 15 is 0 Å². The van der Waals surface area contributed by atoms with Crippen LogP contribution in [0.3, 0.4) is 0 Å². The van der Waals surface area contributed by atoms with Crippen molar-refractivity contribution in [2.45, 2.75) is 13.8 Å². The molecule has 0 aliphatic heterocycles. The lowest BCUT2D eigenvalue weighted by atomic mass is 10.4. The van der Waals surface area contributed by atoms with Crippen LogP contribution in [0.2, 0.25) is 0 Å². The minimum atomic E-state index is 0.844. The molecule has 0 heterocycles. The van der Waals surface area contributed by atoms with Gasteiger partial charge in [-0.1, -0.05) is 0 Å². The third-order valence-corrected chi connectivity index (χ3v) is 1.37. The molecular weight excluding hydrogens is 138 g/mol. The molecule has 0 amide bonds. The maximum atomic E-state index is 4.07. The lowest BCUT2D eigenvalue weighted by molar-refractivity contribution is 0.395. The Morgan fingerprint density at radius 3 is 2.73 bits per heavy atom.